The average Bonchev–Trinajstić information content (AvgIpc) is 2.43. The number of nitrogen functional groups attached to an aromatic ring is 1. The number of halogens is 2. The van der Waals surface area contributed by atoms with E-state index in [2.05, 4.69) is 15.1 Å². The molecule has 1 heterocycles. The van der Waals surface area contributed by atoms with E-state index in [4.69, 9.17) is 17.4 Å². The zero-order valence-electron chi connectivity index (χ0n) is 9.97. The zero-order chi connectivity index (χ0) is 14.8. The number of pyridine rings is 1. The van der Waals surface area contributed by atoms with Gasteiger partial charge in [-0.1, -0.05) is 17.7 Å². The van der Waals surface area contributed by atoms with Gasteiger partial charge in [0.15, 0.2) is 11.6 Å². The minimum Gasteiger partial charge on any atom is -0.307 e. The number of nitrogens with zero attached hydrogens (tertiary/aromatic N) is 1. The van der Waals surface area contributed by atoms with Crippen LogP contribution >= 0.6 is 11.6 Å². The molecule has 20 heavy (non-hydrogen) atoms. The summed E-state index contributed by atoms with van der Waals surface area (Å²) in [5.74, 6) is 4.28. The molecule has 0 radical (unpaired) electrons. The molecule has 2 aromatic rings. The zero-order valence-corrected chi connectivity index (χ0v) is 11.5. The van der Waals surface area contributed by atoms with Gasteiger partial charge in [0.05, 0.1) is 10.7 Å². The largest absolute Gasteiger partial charge is 0.307 e. The minimum absolute atomic E-state index is 0.0533. The summed E-state index contributed by atoms with van der Waals surface area (Å²) in [6.07, 6.45) is 1.37. The van der Waals surface area contributed by atoms with E-state index in [1.54, 1.807) is 0 Å². The Bertz CT molecular complexity index is 739. The number of rotatable bonds is 4. The van der Waals surface area contributed by atoms with Crippen molar-refractivity contribution in [3.8, 4) is 0 Å². The normalized spacial score (nSPS) is 11.2. The maximum atomic E-state index is 13.7. The molecule has 0 aliphatic heterocycles. The quantitative estimate of drug-likeness (QED) is 0.592. The predicted octanol–water partition coefficient (Wildman–Crippen LogP) is 1.96. The number of aromatic nitrogens is 1. The highest BCUT2D eigenvalue weighted by Gasteiger charge is 2.21. The van der Waals surface area contributed by atoms with Crippen LogP contribution in [0.4, 0.5) is 15.9 Å². The number of sulfonamides is 1. The van der Waals surface area contributed by atoms with Crippen LogP contribution in [0, 0.1) is 5.82 Å². The number of benzene rings is 1. The summed E-state index contributed by atoms with van der Waals surface area (Å²) in [5.41, 5.74) is 1.90. The van der Waals surface area contributed by atoms with Crippen molar-refractivity contribution >= 4 is 33.1 Å². The van der Waals surface area contributed by atoms with Crippen LogP contribution in [0.25, 0.3) is 0 Å². The molecule has 0 bridgehead atoms. The Kier molecular flexibility index (Phi) is 4.07. The van der Waals surface area contributed by atoms with Gasteiger partial charge >= 0.3 is 0 Å². The van der Waals surface area contributed by atoms with Crippen LogP contribution in [0.2, 0.25) is 5.02 Å². The molecular weight excluding hydrogens is 307 g/mol. The molecule has 0 aliphatic rings. The molecular formula is C11H10ClFN4O2S. The first kappa shape index (κ1) is 14.5. The Labute approximate surface area is 119 Å². The number of hydrogen-bond acceptors (Lipinski definition) is 5. The van der Waals surface area contributed by atoms with Crippen LogP contribution in [0.5, 0.6) is 0 Å². The summed E-state index contributed by atoms with van der Waals surface area (Å²) in [6, 6.07) is 6.70. The second kappa shape index (κ2) is 5.61. The second-order valence-electron chi connectivity index (χ2n) is 3.70. The highest BCUT2D eigenvalue weighted by molar-refractivity contribution is 7.92. The lowest BCUT2D eigenvalue weighted by Gasteiger charge is -2.11. The van der Waals surface area contributed by atoms with Crippen molar-refractivity contribution in [3.05, 3.63) is 47.4 Å². The first-order valence-corrected chi connectivity index (χ1v) is 7.20. The van der Waals surface area contributed by atoms with E-state index in [9.17, 15) is 12.8 Å². The lowest BCUT2D eigenvalue weighted by molar-refractivity contribution is 0.598. The van der Waals surface area contributed by atoms with Crippen molar-refractivity contribution in [3.63, 3.8) is 0 Å². The third-order valence-electron chi connectivity index (χ3n) is 2.39. The van der Waals surface area contributed by atoms with Crippen molar-refractivity contribution in [2.45, 2.75) is 4.90 Å². The molecule has 0 fully saturated rings. The van der Waals surface area contributed by atoms with Crippen molar-refractivity contribution in [1.82, 2.24) is 4.98 Å². The van der Waals surface area contributed by atoms with Crippen LogP contribution in [-0.4, -0.2) is 13.4 Å². The monoisotopic (exact) mass is 316 g/mol. The van der Waals surface area contributed by atoms with Gasteiger partial charge in [0.1, 0.15) is 4.90 Å². The summed E-state index contributed by atoms with van der Waals surface area (Å²) in [7, 11) is -4.05. The first-order valence-electron chi connectivity index (χ1n) is 5.34. The standard InChI is InChI=1S/C11H10ClFN4O2S/c12-7-3-1-4-8(10(7)13)17-20(18,19)9-5-2-6-15-11(9)16-14/h1-6,17H,14H2,(H,15,16). The smallest absolute Gasteiger partial charge is 0.265 e. The van der Waals surface area contributed by atoms with Crippen LogP contribution in [0.3, 0.4) is 0 Å². The second-order valence-corrected chi connectivity index (χ2v) is 5.76. The number of nitrogens with one attached hydrogen (secondary N) is 2. The third kappa shape index (κ3) is 2.82. The van der Waals surface area contributed by atoms with Gasteiger partial charge in [-0.05, 0) is 24.3 Å². The van der Waals surface area contributed by atoms with Crippen LogP contribution in [0.1, 0.15) is 0 Å². The van der Waals surface area contributed by atoms with Gasteiger partial charge in [0.2, 0.25) is 0 Å². The number of hydrogen-bond donors (Lipinski definition) is 3. The molecule has 106 valence electrons. The van der Waals surface area contributed by atoms with E-state index in [1.165, 1.54) is 36.5 Å². The Balaban J connectivity index is 2.44. The minimum atomic E-state index is -4.05. The van der Waals surface area contributed by atoms with Crippen LogP contribution < -0.4 is 16.0 Å². The Hall–Kier alpha value is -1.90. The van der Waals surface area contributed by atoms with Crippen molar-refractivity contribution in [2.75, 3.05) is 10.1 Å². The van der Waals surface area contributed by atoms with Gasteiger partial charge in [-0.3, -0.25) is 4.72 Å². The van der Waals surface area contributed by atoms with Crippen molar-refractivity contribution in [1.29, 1.82) is 0 Å². The SMILES string of the molecule is NNc1ncccc1S(=O)(=O)Nc1cccc(Cl)c1F. The Morgan fingerprint density at radius 3 is 2.70 bits per heavy atom. The highest BCUT2D eigenvalue weighted by atomic mass is 35.5. The summed E-state index contributed by atoms with van der Waals surface area (Å²) >= 11 is 5.59. The molecule has 0 saturated heterocycles. The molecule has 4 N–H and O–H groups in total. The molecule has 2 rings (SSSR count). The van der Waals surface area contributed by atoms with Crippen LogP contribution in [-0.2, 0) is 10.0 Å². The summed E-state index contributed by atoms with van der Waals surface area (Å²) < 4.78 is 40.2. The van der Waals surface area contributed by atoms with Gasteiger partial charge in [-0.25, -0.2) is 23.6 Å². The molecule has 1 aromatic heterocycles. The van der Waals surface area contributed by atoms with E-state index in [0.29, 0.717) is 0 Å². The van der Waals surface area contributed by atoms with Gasteiger partial charge < -0.3 is 5.43 Å². The third-order valence-corrected chi connectivity index (χ3v) is 4.08. The molecule has 6 nitrogen and oxygen atoms in total. The van der Waals surface area contributed by atoms with Crippen molar-refractivity contribution < 1.29 is 12.8 Å². The number of anilines is 2. The molecule has 0 spiro atoms. The van der Waals surface area contributed by atoms with Crippen molar-refractivity contribution in [2.24, 2.45) is 5.84 Å². The molecule has 0 atom stereocenters. The van der Waals surface area contributed by atoms with Gasteiger partial charge in [0.25, 0.3) is 10.0 Å². The highest BCUT2D eigenvalue weighted by Crippen LogP contribution is 2.26. The molecule has 1 aromatic carbocycles. The van der Waals surface area contributed by atoms with E-state index >= 15 is 0 Å². The van der Waals surface area contributed by atoms with E-state index in [1.807, 2.05) is 0 Å². The average molecular weight is 317 g/mol. The molecule has 9 heteroatoms. The van der Waals surface area contributed by atoms with Gasteiger partial charge in [-0.15, -0.1) is 0 Å². The maximum Gasteiger partial charge on any atom is 0.265 e. The molecule has 0 amide bonds. The number of nitrogens with two attached hydrogens (primary N) is 1. The fraction of sp³-hybridized carbons (Fsp3) is 0. The number of hydrazine groups is 1. The van der Waals surface area contributed by atoms with Gasteiger partial charge in [-0.2, -0.15) is 0 Å². The Morgan fingerprint density at radius 2 is 2.00 bits per heavy atom. The molecule has 0 aliphatic carbocycles. The predicted molar refractivity (Wildman–Crippen MR) is 74.3 cm³/mol. The first-order chi connectivity index (χ1) is 9.45. The maximum absolute atomic E-state index is 13.7. The van der Waals surface area contributed by atoms with E-state index in [0.717, 1.165) is 0 Å². The fourth-order valence-corrected chi connectivity index (χ4v) is 2.85. The topological polar surface area (TPSA) is 97.1 Å². The van der Waals surface area contributed by atoms with Crippen LogP contribution in [0.15, 0.2) is 41.4 Å². The summed E-state index contributed by atoms with van der Waals surface area (Å²) in [6.45, 7) is 0. The Morgan fingerprint density at radius 1 is 1.25 bits per heavy atom. The van der Waals surface area contributed by atoms with E-state index in [-0.39, 0.29) is 21.4 Å². The molecule has 0 unspecified atom stereocenters. The van der Waals surface area contributed by atoms with E-state index < -0.39 is 15.8 Å². The van der Waals surface area contributed by atoms with Gasteiger partial charge in [0, 0.05) is 6.20 Å². The summed E-state index contributed by atoms with van der Waals surface area (Å²) in [4.78, 5) is 3.56. The molecule has 0 saturated carbocycles. The lowest BCUT2D eigenvalue weighted by Crippen LogP contribution is -2.19. The summed E-state index contributed by atoms with van der Waals surface area (Å²) in [5, 5.41) is -0.187. The lowest BCUT2D eigenvalue weighted by atomic mass is 10.3. The fourth-order valence-electron chi connectivity index (χ4n) is 1.50.